The van der Waals surface area contributed by atoms with Crippen molar-refractivity contribution in [3.63, 3.8) is 0 Å². The number of carbonyl (C=O) groups excluding carboxylic acids is 2. The molecule has 4 rings (SSSR count). The predicted molar refractivity (Wildman–Crippen MR) is 121 cm³/mol. The third-order valence-electron chi connectivity index (χ3n) is 6.53. The van der Waals surface area contributed by atoms with Crippen LogP contribution in [0.25, 0.3) is 0 Å². The summed E-state index contributed by atoms with van der Waals surface area (Å²) < 4.78 is 0. The predicted octanol–water partition coefficient (Wildman–Crippen LogP) is 5.86. The van der Waals surface area contributed by atoms with Crippen molar-refractivity contribution in [2.24, 2.45) is 22.4 Å². The van der Waals surface area contributed by atoms with Gasteiger partial charge < -0.3 is 0 Å². The first-order chi connectivity index (χ1) is 14.4. The van der Waals surface area contributed by atoms with Gasteiger partial charge in [0.1, 0.15) is 11.2 Å². The van der Waals surface area contributed by atoms with Crippen LogP contribution >= 0.6 is 11.6 Å². The van der Waals surface area contributed by atoms with E-state index in [0.29, 0.717) is 23.8 Å². The minimum absolute atomic E-state index is 0.0470. The monoisotopic (exact) mass is 422 g/mol. The molecule has 1 heterocycles. The summed E-state index contributed by atoms with van der Waals surface area (Å²) in [5.41, 5.74) is 1.52. The average molecular weight is 423 g/mol. The minimum atomic E-state index is -0.862. The van der Waals surface area contributed by atoms with Crippen LogP contribution in [0.3, 0.4) is 0 Å². The molecule has 1 saturated carbocycles. The maximum atomic E-state index is 14.1. The van der Waals surface area contributed by atoms with Crippen LogP contribution in [0, 0.1) is 17.3 Å². The first-order valence-electron chi connectivity index (χ1n) is 10.6. The van der Waals surface area contributed by atoms with Crippen LogP contribution in [0.15, 0.2) is 59.7 Å². The molecule has 0 bridgehead atoms. The van der Waals surface area contributed by atoms with E-state index in [-0.39, 0.29) is 23.5 Å². The Balaban J connectivity index is 1.90. The Morgan fingerprint density at radius 3 is 2.40 bits per heavy atom. The lowest BCUT2D eigenvalue weighted by Gasteiger charge is -2.46. The second-order valence-electron chi connectivity index (χ2n) is 8.85. The van der Waals surface area contributed by atoms with E-state index in [2.05, 4.69) is 13.8 Å². The normalized spacial score (nSPS) is 26.6. The van der Waals surface area contributed by atoms with E-state index in [1.807, 2.05) is 61.5 Å². The third kappa shape index (κ3) is 3.27. The Hall–Kier alpha value is -2.46. The van der Waals surface area contributed by atoms with Gasteiger partial charge in [-0.1, -0.05) is 61.8 Å². The zero-order chi connectivity index (χ0) is 21.5. The molecule has 0 radical (unpaired) electrons. The zero-order valence-corrected chi connectivity index (χ0v) is 18.4. The number of hydrogen-bond acceptors (Lipinski definition) is 3. The highest BCUT2D eigenvalue weighted by molar-refractivity contribution is 6.31. The molecule has 1 aliphatic heterocycles. The van der Waals surface area contributed by atoms with Gasteiger partial charge in [0, 0.05) is 23.8 Å². The number of halogens is 1. The quantitative estimate of drug-likeness (QED) is 0.619. The number of hydrazone groups is 1. The highest BCUT2D eigenvalue weighted by Gasteiger charge is 2.62. The molecule has 3 atom stereocenters. The molecule has 4 nitrogen and oxygen atoms in total. The number of rotatable bonds is 4. The van der Waals surface area contributed by atoms with Gasteiger partial charge >= 0.3 is 0 Å². The summed E-state index contributed by atoms with van der Waals surface area (Å²) in [6.07, 6.45) is 1.49. The molecule has 5 heteroatoms. The molecule has 0 aromatic heterocycles. The van der Waals surface area contributed by atoms with Crippen molar-refractivity contribution >= 4 is 34.7 Å². The van der Waals surface area contributed by atoms with Crippen molar-refractivity contribution in [3.05, 3.63) is 65.2 Å². The highest BCUT2D eigenvalue weighted by Crippen LogP contribution is 2.57. The minimum Gasteiger partial charge on any atom is -0.300 e. The van der Waals surface area contributed by atoms with Crippen molar-refractivity contribution in [2.45, 2.75) is 46.0 Å². The Morgan fingerprint density at radius 2 is 1.73 bits per heavy atom. The van der Waals surface area contributed by atoms with Gasteiger partial charge in [-0.3, -0.25) is 9.59 Å². The van der Waals surface area contributed by atoms with E-state index in [0.717, 1.165) is 23.4 Å². The molecule has 1 fully saturated rings. The first kappa shape index (κ1) is 20.8. The molecular formula is C25H27ClN2O2. The number of anilines is 1. The standard InChI is InChI=1S/C25H27ClN2O2/c1-16(2)13-18-14-20(29)15-22(21-11-7-8-12-23(21)26)25(18)17(3)27-28(24(25)30)19-9-5-4-6-10-19/h4-12,16,18,22H,13-15H2,1-3H3/t18-,22+,25-/m0/s1. The summed E-state index contributed by atoms with van der Waals surface area (Å²) in [6, 6.07) is 17.1. The average Bonchev–Trinajstić information content (AvgIpc) is 2.97. The number of para-hydroxylation sites is 1. The molecule has 30 heavy (non-hydrogen) atoms. The van der Waals surface area contributed by atoms with Crippen LogP contribution in [-0.2, 0) is 9.59 Å². The summed E-state index contributed by atoms with van der Waals surface area (Å²) in [5, 5.41) is 6.88. The van der Waals surface area contributed by atoms with Crippen LogP contribution in [0.1, 0.15) is 51.5 Å². The SMILES string of the molecule is CC1=NN(c2ccccc2)C(=O)[C@]12[C@@H](CC(C)C)CC(=O)C[C@@H]2c1ccccc1Cl. The largest absolute Gasteiger partial charge is 0.300 e. The molecule has 2 aromatic carbocycles. The van der Waals surface area contributed by atoms with Crippen molar-refractivity contribution < 1.29 is 9.59 Å². The Bertz CT molecular complexity index is 1000. The van der Waals surface area contributed by atoms with E-state index in [9.17, 15) is 9.59 Å². The fourth-order valence-electron chi connectivity index (χ4n) is 5.37. The number of ketones is 1. The maximum Gasteiger partial charge on any atom is 0.260 e. The number of benzene rings is 2. The Morgan fingerprint density at radius 1 is 1.07 bits per heavy atom. The van der Waals surface area contributed by atoms with E-state index in [1.165, 1.54) is 5.01 Å². The van der Waals surface area contributed by atoms with Gasteiger partial charge in [0.15, 0.2) is 0 Å². The van der Waals surface area contributed by atoms with Crippen molar-refractivity contribution in [3.8, 4) is 0 Å². The molecule has 2 aliphatic rings. The van der Waals surface area contributed by atoms with Crippen LogP contribution in [0.4, 0.5) is 5.69 Å². The Labute approximate surface area is 182 Å². The highest BCUT2D eigenvalue weighted by atomic mass is 35.5. The third-order valence-corrected chi connectivity index (χ3v) is 6.88. The van der Waals surface area contributed by atoms with Crippen LogP contribution < -0.4 is 5.01 Å². The molecule has 156 valence electrons. The summed E-state index contributed by atoms with van der Waals surface area (Å²) >= 11 is 6.59. The molecular weight excluding hydrogens is 396 g/mol. The molecule has 0 N–H and O–H groups in total. The van der Waals surface area contributed by atoms with Crippen LogP contribution in [0.5, 0.6) is 0 Å². The maximum absolute atomic E-state index is 14.1. The molecule has 1 spiro atoms. The molecule has 1 aliphatic carbocycles. The lowest BCUT2D eigenvalue weighted by Crippen LogP contribution is -2.53. The molecule has 2 aromatic rings. The number of carbonyl (C=O) groups is 2. The van der Waals surface area contributed by atoms with Crippen molar-refractivity contribution in [1.82, 2.24) is 0 Å². The van der Waals surface area contributed by atoms with Crippen molar-refractivity contribution in [1.29, 1.82) is 0 Å². The Kier molecular flexibility index (Phi) is 5.54. The molecule has 0 unspecified atom stereocenters. The van der Waals surface area contributed by atoms with E-state index < -0.39 is 5.41 Å². The van der Waals surface area contributed by atoms with Gasteiger partial charge in [0.05, 0.1) is 11.4 Å². The summed E-state index contributed by atoms with van der Waals surface area (Å²) in [5.74, 6) is 0.0754. The zero-order valence-electron chi connectivity index (χ0n) is 17.6. The number of hydrogen-bond donors (Lipinski definition) is 0. The summed E-state index contributed by atoms with van der Waals surface area (Å²) in [7, 11) is 0. The van der Waals surface area contributed by atoms with Gasteiger partial charge in [-0.05, 0) is 48.9 Å². The number of amides is 1. The lowest BCUT2D eigenvalue weighted by atomic mass is 9.54. The molecule has 1 amide bonds. The van der Waals surface area contributed by atoms with Crippen LogP contribution in [0.2, 0.25) is 5.02 Å². The first-order valence-corrected chi connectivity index (χ1v) is 10.9. The van der Waals surface area contributed by atoms with Gasteiger partial charge in [-0.25, -0.2) is 0 Å². The van der Waals surface area contributed by atoms with Gasteiger partial charge in [0.2, 0.25) is 0 Å². The number of Topliss-reactive ketones (excluding diaryl/α,β-unsaturated/α-hetero) is 1. The lowest BCUT2D eigenvalue weighted by molar-refractivity contribution is -0.134. The van der Waals surface area contributed by atoms with Gasteiger partial charge in [-0.2, -0.15) is 10.1 Å². The molecule has 0 saturated heterocycles. The summed E-state index contributed by atoms with van der Waals surface area (Å²) in [4.78, 5) is 27.0. The fraction of sp³-hybridized carbons (Fsp3) is 0.400. The van der Waals surface area contributed by atoms with E-state index in [1.54, 1.807) is 0 Å². The van der Waals surface area contributed by atoms with Crippen LogP contribution in [-0.4, -0.2) is 17.4 Å². The van der Waals surface area contributed by atoms with Gasteiger partial charge in [0.25, 0.3) is 5.91 Å². The number of nitrogens with zero attached hydrogens (tertiary/aromatic N) is 2. The van der Waals surface area contributed by atoms with Crippen molar-refractivity contribution in [2.75, 3.05) is 5.01 Å². The topological polar surface area (TPSA) is 49.7 Å². The second kappa shape index (κ2) is 7.99. The fourth-order valence-corrected chi connectivity index (χ4v) is 5.63. The van der Waals surface area contributed by atoms with E-state index in [4.69, 9.17) is 16.7 Å². The second-order valence-corrected chi connectivity index (χ2v) is 9.26. The smallest absolute Gasteiger partial charge is 0.260 e. The summed E-state index contributed by atoms with van der Waals surface area (Å²) in [6.45, 7) is 6.21. The van der Waals surface area contributed by atoms with Gasteiger partial charge in [-0.15, -0.1) is 0 Å². The van der Waals surface area contributed by atoms with E-state index >= 15 is 0 Å².